The summed E-state index contributed by atoms with van der Waals surface area (Å²) in [6.07, 6.45) is 2.74. The lowest BCUT2D eigenvalue weighted by molar-refractivity contribution is -0.384. The third-order valence-corrected chi connectivity index (χ3v) is 5.04. The van der Waals surface area contributed by atoms with Crippen LogP contribution < -0.4 is 10.9 Å². The molecular formula is C19H15ClN4O4. The molecule has 0 spiro atoms. The molecule has 142 valence electrons. The summed E-state index contributed by atoms with van der Waals surface area (Å²) in [6, 6.07) is 8.57. The van der Waals surface area contributed by atoms with Gasteiger partial charge in [-0.25, -0.2) is 4.98 Å². The van der Waals surface area contributed by atoms with Crippen LogP contribution in [0.4, 0.5) is 11.4 Å². The predicted octanol–water partition coefficient (Wildman–Crippen LogP) is 3.55. The number of hydrogen-bond donors (Lipinski definition) is 1. The van der Waals surface area contributed by atoms with Gasteiger partial charge in [-0.05, 0) is 37.1 Å². The molecule has 2 aromatic carbocycles. The van der Waals surface area contributed by atoms with Crippen LogP contribution in [0.2, 0.25) is 5.02 Å². The largest absolute Gasteiger partial charge is 0.322 e. The van der Waals surface area contributed by atoms with Crippen molar-refractivity contribution in [2.24, 2.45) is 0 Å². The van der Waals surface area contributed by atoms with Crippen molar-refractivity contribution in [2.75, 3.05) is 5.32 Å². The maximum atomic E-state index is 12.8. The van der Waals surface area contributed by atoms with Crippen molar-refractivity contribution in [2.45, 2.75) is 25.8 Å². The Kier molecular flexibility index (Phi) is 4.56. The number of benzene rings is 2. The molecule has 0 saturated carbocycles. The van der Waals surface area contributed by atoms with Gasteiger partial charge in [0.25, 0.3) is 17.2 Å². The average Bonchev–Trinajstić information content (AvgIpc) is 2.68. The summed E-state index contributed by atoms with van der Waals surface area (Å²) in [6.45, 7) is 0.645. The van der Waals surface area contributed by atoms with E-state index in [-0.39, 0.29) is 21.8 Å². The molecule has 9 heteroatoms. The molecule has 1 N–H and O–H groups in total. The molecule has 8 nitrogen and oxygen atoms in total. The number of amides is 1. The normalized spacial score (nSPS) is 13.2. The molecule has 0 aliphatic carbocycles. The number of non-ortho nitro benzene ring substituents is 1. The molecular weight excluding hydrogens is 384 g/mol. The van der Waals surface area contributed by atoms with E-state index in [1.165, 1.54) is 12.1 Å². The summed E-state index contributed by atoms with van der Waals surface area (Å²) in [4.78, 5) is 40.0. The molecule has 0 saturated heterocycles. The number of fused-ring (bicyclic) bond motifs is 2. The van der Waals surface area contributed by atoms with E-state index in [0.717, 1.165) is 31.2 Å². The molecule has 28 heavy (non-hydrogen) atoms. The van der Waals surface area contributed by atoms with Gasteiger partial charge in [0.2, 0.25) is 0 Å². The summed E-state index contributed by atoms with van der Waals surface area (Å²) in [7, 11) is 0. The summed E-state index contributed by atoms with van der Waals surface area (Å²) in [5.41, 5.74) is 0.791. The van der Waals surface area contributed by atoms with E-state index >= 15 is 0 Å². The van der Waals surface area contributed by atoms with Crippen molar-refractivity contribution >= 4 is 39.8 Å². The van der Waals surface area contributed by atoms with Gasteiger partial charge in [-0.1, -0.05) is 11.6 Å². The Morgan fingerprint density at radius 2 is 2.04 bits per heavy atom. The number of nitro benzene ring substituents is 1. The third kappa shape index (κ3) is 3.22. The van der Waals surface area contributed by atoms with Crippen LogP contribution in [0.25, 0.3) is 10.9 Å². The number of anilines is 1. The highest BCUT2D eigenvalue weighted by Gasteiger charge is 2.17. The van der Waals surface area contributed by atoms with E-state index in [1.54, 1.807) is 22.8 Å². The monoisotopic (exact) mass is 398 g/mol. The van der Waals surface area contributed by atoms with E-state index in [9.17, 15) is 19.7 Å². The van der Waals surface area contributed by atoms with Crippen molar-refractivity contribution in [3.8, 4) is 0 Å². The van der Waals surface area contributed by atoms with Gasteiger partial charge in [-0.15, -0.1) is 0 Å². The van der Waals surface area contributed by atoms with Gasteiger partial charge in [0.15, 0.2) is 0 Å². The fourth-order valence-electron chi connectivity index (χ4n) is 3.32. The lowest BCUT2D eigenvalue weighted by Gasteiger charge is -2.18. The Hall–Kier alpha value is -3.26. The van der Waals surface area contributed by atoms with Gasteiger partial charge in [0, 0.05) is 30.8 Å². The van der Waals surface area contributed by atoms with Crippen LogP contribution in [-0.2, 0) is 13.0 Å². The van der Waals surface area contributed by atoms with Crippen molar-refractivity contribution < 1.29 is 9.72 Å². The Bertz CT molecular complexity index is 1190. The highest BCUT2D eigenvalue weighted by molar-refractivity contribution is 6.34. The predicted molar refractivity (Wildman–Crippen MR) is 105 cm³/mol. The zero-order chi connectivity index (χ0) is 19.8. The van der Waals surface area contributed by atoms with Gasteiger partial charge in [-0.3, -0.25) is 24.3 Å². The first kappa shape index (κ1) is 18.1. The van der Waals surface area contributed by atoms with Gasteiger partial charge in [-0.2, -0.15) is 0 Å². The van der Waals surface area contributed by atoms with Crippen LogP contribution in [0.1, 0.15) is 29.0 Å². The number of halogens is 1. The number of nitro groups is 1. The average molecular weight is 399 g/mol. The van der Waals surface area contributed by atoms with Crippen LogP contribution in [0, 0.1) is 10.1 Å². The number of aromatic nitrogens is 2. The Balaban J connectivity index is 1.66. The third-order valence-electron chi connectivity index (χ3n) is 4.73. The maximum Gasteiger partial charge on any atom is 0.270 e. The highest BCUT2D eigenvalue weighted by atomic mass is 35.5. The fourth-order valence-corrected chi connectivity index (χ4v) is 3.58. The molecule has 0 atom stereocenters. The quantitative estimate of drug-likeness (QED) is 0.536. The molecule has 4 rings (SSSR count). The second-order valence-electron chi connectivity index (χ2n) is 6.55. The lowest BCUT2D eigenvalue weighted by Crippen LogP contribution is -2.28. The summed E-state index contributed by atoms with van der Waals surface area (Å²) in [5.74, 6) is 0.267. The molecule has 1 aliphatic heterocycles. The van der Waals surface area contributed by atoms with Crippen LogP contribution in [0.15, 0.2) is 41.2 Å². The molecule has 0 bridgehead atoms. The van der Waals surface area contributed by atoms with Crippen molar-refractivity contribution in [3.05, 3.63) is 73.3 Å². The van der Waals surface area contributed by atoms with E-state index in [2.05, 4.69) is 10.3 Å². The highest BCUT2D eigenvalue weighted by Crippen LogP contribution is 2.24. The summed E-state index contributed by atoms with van der Waals surface area (Å²) < 4.78 is 1.69. The first-order chi connectivity index (χ1) is 13.4. The second kappa shape index (κ2) is 7.05. The molecule has 1 amide bonds. The first-order valence-corrected chi connectivity index (χ1v) is 9.10. The van der Waals surface area contributed by atoms with Gasteiger partial charge in [0.1, 0.15) is 5.82 Å². The SMILES string of the molecule is O=C(Nc1ccc2nc3n(c(=O)c2c1)CCCC3)c1ccc([N+](=O)[O-])cc1Cl. The van der Waals surface area contributed by atoms with E-state index in [4.69, 9.17) is 11.6 Å². The minimum absolute atomic E-state index is 0.0247. The van der Waals surface area contributed by atoms with Gasteiger partial charge >= 0.3 is 0 Å². The van der Waals surface area contributed by atoms with Crippen molar-refractivity contribution in [1.82, 2.24) is 9.55 Å². The number of hydrogen-bond acceptors (Lipinski definition) is 5. The number of nitrogens with zero attached hydrogens (tertiary/aromatic N) is 3. The molecule has 0 fully saturated rings. The summed E-state index contributed by atoms with van der Waals surface area (Å²) in [5, 5.41) is 13.9. The van der Waals surface area contributed by atoms with Crippen LogP contribution in [-0.4, -0.2) is 20.4 Å². The van der Waals surface area contributed by atoms with Crippen LogP contribution >= 0.6 is 11.6 Å². The molecule has 1 aromatic heterocycles. The number of carbonyl (C=O) groups is 1. The maximum absolute atomic E-state index is 12.8. The Labute approximate surface area is 163 Å². The fraction of sp³-hybridized carbons (Fsp3) is 0.211. The number of aryl methyl sites for hydroxylation is 1. The molecule has 0 unspecified atom stereocenters. The van der Waals surface area contributed by atoms with Gasteiger partial charge < -0.3 is 5.32 Å². The smallest absolute Gasteiger partial charge is 0.270 e. The molecule has 2 heterocycles. The lowest BCUT2D eigenvalue weighted by atomic mass is 10.1. The van der Waals surface area contributed by atoms with Crippen molar-refractivity contribution in [3.63, 3.8) is 0 Å². The number of carbonyl (C=O) groups excluding carboxylic acids is 1. The minimum atomic E-state index is -0.585. The first-order valence-electron chi connectivity index (χ1n) is 8.73. The van der Waals surface area contributed by atoms with E-state index in [0.29, 0.717) is 23.1 Å². The topological polar surface area (TPSA) is 107 Å². The second-order valence-corrected chi connectivity index (χ2v) is 6.96. The number of nitrogens with one attached hydrogen (secondary N) is 1. The van der Waals surface area contributed by atoms with Crippen LogP contribution in [0.3, 0.4) is 0 Å². The minimum Gasteiger partial charge on any atom is -0.322 e. The standard InChI is InChI=1S/C19H15ClN4O4/c20-15-10-12(24(27)28)5-6-13(15)18(25)21-11-4-7-16-14(9-11)19(26)23-8-2-1-3-17(23)22-16/h4-7,9-10H,1-3,8H2,(H,21,25). The summed E-state index contributed by atoms with van der Waals surface area (Å²) >= 11 is 6.01. The molecule has 3 aromatic rings. The number of rotatable bonds is 3. The van der Waals surface area contributed by atoms with E-state index < -0.39 is 10.8 Å². The van der Waals surface area contributed by atoms with E-state index in [1.807, 2.05) is 0 Å². The van der Waals surface area contributed by atoms with Gasteiger partial charge in [0.05, 0.1) is 26.4 Å². The van der Waals surface area contributed by atoms with Crippen LogP contribution in [0.5, 0.6) is 0 Å². The Morgan fingerprint density at radius 1 is 1.21 bits per heavy atom. The molecule has 0 radical (unpaired) electrons. The zero-order valence-corrected chi connectivity index (χ0v) is 15.4. The molecule has 1 aliphatic rings. The Morgan fingerprint density at radius 3 is 2.79 bits per heavy atom. The van der Waals surface area contributed by atoms with Crippen molar-refractivity contribution in [1.29, 1.82) is 0 Å². The zero-order valence-electron chi connectivity index (χ0n) is 14.6.